The lowest BCUT2D eigenvalue weighted by Crippen LogP contribution is -2.74. The van der Waals surface area contributed by atoms with Crippen molar-refractivity contribution in [2.45, 2.75) is 139 Å². The normalized spacial score (nSPS) is 15.9. The number of esters is 1. The third-order valence-corrected chi connectivity index (χ3v) is 15.5. The van der Waals surface area contributed by atoms with E-state index in [4.69, 9.17) is 13.9 Å². The predicted octanol–water partition coefficient (Wildman–Crippen LogP) is 12.8. The summed E-state index contributed by atoms with van der Waals surface area (Å²) >= 11 is 0. The molecule has 0 bridgehead atoms. The molecule has 0 spiro atoms. The topological polar surface area (TPSA) is 65.0 Å². The summed E-state index contributed by atoms with van der Waals surface area (Å²) in [5.41, 5.74) is -0.531. The van der Waals surface area contributed by atoms with Crippen LogP contribution < -0.4 is 4.74 Å². The molecule has 0 unspecified atom stereocenters. The second-order valence-corrected chi connectivity index (χ2v) is 19.7. The van der Waals surface area contributed by atoms with Crippen molar-refractivity contribution in [1.29, 1.82) is 0 Å². The zero-order valence-electron chi connectivity index (χ0n) is 33.3. The number of rotatable bonds is 24. The van der Waals surface area contributed by atoms with Crippen molar-refractivity contribution in [2.75, 3.05) is 19.8 Å². The first-order valence-corrected chi connectivity index (χ1v) is 20.5. The van der Waals surface area contributed by atoms with E-state index < -0.39 is 98.2 Å². The number of carbonyl (C=O) groups excluding carboxylic acids is 1. The van der Waals surface area contributed by atoms with Crippen LogP contribution in [-0.2, 0) is 14.0 Å². The minimum Gasteiger partial charge on any atom is -0.491 e. The molecule has 0 saturated carbocycles. The number of aliphatic hydroxyl groups is 1. The summed E-state index contributed by atoms with van der Waals surface area (Å²) in [7, 11) is -3.94. The Kier molecular flexibility index (Phi) is 18.3. The van der Waals surface area contributed by atoms with E-state index in [2.05, 4.69) is 0 Å². The molecule has 0 aromatic heterocycles. The van der Waals surface area contributed by atoms with Gasteiger partial charge in [-0.15, -0.1) is 0 Å². The fraction of sp³-hybridized carbons (Fsp3) is 0.703. The molecule has 60 heavy (non-hydrogen) atoms. The van der Waals surface area contributed by atoms with Gasteiger partial charge in [-0.2, -0.15) is 74.6 Å². The highest BCUT2D eigenvalue weighted by molar-refractivity contribution is 6.76. The number of alkyl halides is 17. The highest BCUT2D eigenvalue weighted by Crippen LogP contribution is 2.64. The first-order chi connectivity index (χ1) is 27.0. The van der Waals surface area contributed by atoms with Gasteiger partial charge >= 0.3 is 53.6 Å². The molecule has 1 aromatic rings. The Hall–Kier alpha value is -3.08. The van der Waals surface area contributed by atoms with Crippen LogP contribution in [0.1, 0.15) is 79.4 Å². The number of ether oxygens (including phenoxy) is 2. The van der Waals surface area contributed by atoms with E-state index in [1.54, 1.807) is 26.8 Å². The van der Waals surface area contributed by atoms with Gasteiger partial charge in [-0.3, -0.25) is 0 Å². The molecule has 0 aliphatic carbocycles. The summed E-state index contributed by atoms with van der Waals surface area (Å²) in [6.07, 6.45) is -5.27. The summed E-state index contributed by atoms with van der Waals surface area (Å²) in [5, 5.41) is 10.8. The quantitative estimate of drug-likeness (QED) is 0.0279. The van der Waals surface area contributed by atoms with E-state index in [1.165, 1.54) is 58.0 Å². The maximum Gasteiger partial charge on any atom is 0.460 e. The Bertz CT molecular complexity index is 1590. The Labute approximate surface area is 336 Å². The standard InChI is InChI=1S/C37H47F17O5Si/c1-8-57-28(55)21-24(6)11-9-10-12-25(7)29(56)26-13-15-27(16-14-26)58-18-19-59-60(22(2)3,23(4)5)20-17-30(38,39)31(40,41)32(42,43)33(44,45)34(46,47)35(48,49)36(50,51)37(52,53)54/h9,11,13-16,21-23,25,29,56H,8,10,12,17-20H2,1-7H3/b11-9+,24-21+/t25-,29+/m0/s1. The lowest BCUT2D eigenvalue weighted by Gasteiger charge is -2.44. The van der Waals surface area contributed by atoms with E-state index >= 15 is 0 Å². The van der Waals surface area contributed by atoms with Crippen molar-refractivity contribution in [3.8, 4) is 5.75 Å². The van der Waals surface area contributed by atoms with Gasteiger partial charge in [-0.25, -0.2) is 4.79 Å². The zero-order valence-corrected chi connectivity index (χ0v) is 34.3. The molecule has 0 aliphatic rings. The second-order valence-electron chi connectivity index (χ2n) is 14.7. The predicted molar refractivity (Wildman–Crippen MR) is 187 cm³/mol. The van der Waals surface area contributed by atoms with Crippen molar-refractivity contribution < 1.29 is 98.4 Å². The van der Waals surface area contributed by atoms with E-state index in [9.17, 15) is 84.5 Å². The van der Waals surface area contributed by atoms with Crippen LogP contribution in [-0.4, -0.2) is 86.8 Å². The van der Waals surface area contributed by atoms with Gasteiger partial charge in [0.1, 0.15) is 12.4 Å². The van der Waals surface area contributed by atoms with Crippen molar-refractivity contribution in [3.05, 3.63) is 53.6 Å². The Morgan fingerprint density at radius 1 is 0.717 bits per heavy atom. The summed E-state index contributed by atoms with van der Waals surface area (Å²) in [6, 6.07) is 4.66. The minimum absolute atomic E-state index is 0.195. The van der Waals surface area contributed by atoms with Crippen LogP contribution >= 0.6 is 0 Å². The van der Waals surface area contributed by atoms with Crippen molar-refractivity contribution in [2.24, 2.45) is 5.92 Å². The molecule has 23 heteroatoms. The van der Waals surface area contributed by atoms with Crippen molar-refractivity contribution >= 4 is 14.3 Å². The van der Waals surface area contributed by atoms with Gasteiger partial charge in [-0.05, 0) is 73.0 Å². The molecular formula is C37H47F17O5Si. The number of carbonyl (C=O) groups is 1. The Morgan fingerprint density at radius 3 is 1.63 bits per heavy atom. The Morgan fingerprint density at radius 2 is 1.18 bits per heavy atom. The van der Waals surface area contributed by atoms with Crippen LogP contribution in [0, 0.1) is 5.92 Å². The molecule has 0 amide bonds. The molecule has 0 saturated heterocycles. The van der Waals surface area contributed by atoms with Crippen molar-refractivity contribution in [3.63, 3.8) is 0 Å². The van der Waals surface area contributed by atoms with Crippen molar-refractivity contribution in [1.82, 2.24) is 0 Å². The summed E-state index contributed by atoms with van der Waals surface area (Å²) < 4.78 is 251. The van der Waals surface area contributed by atoms with E-state index in [1.807, 2.05) is 6.08 Å². The van der Waals surface area contributed by atoms with Gasteiger partial charge in [0.15, 0.2) is 8.32 Å². The van der Waals surface area contributed by atoms with E-state index in [0.29, 0.717) is 24.0 Å². The van der Waals surface area contributed by atoms with Gasteiger partial charge in [0.05, 0.1) is 19.3 Å². The number of aliphatic hydroxyl groups excluding tert-OH is 1. The lowest BCUT2D eigenvalue weighted by atomic mass is 9.88. The van der Waals surface area contributed by atoms with E-state index in [0.717, 1.165) is 0 Å². The van der Waals surface area contributed by atoms with Crippen LogP contribution in [0.4, 0.5) is 74.6 Å². The molecular weight excluding hydrogens is 875 g/mol. The van der Waals surface area contributed by atoms with Crippen LogP contribution in [0.5, 0.6) is 5.75 Å². The zero-order chi connectivity index (χ0) is 47.1. The van der Waals surface area contributed by atoms with Gasteiger partial charge < -0.3 is 19.0 Å². The monoisotopic (exact) mass is 922 g/mol. The van der Waals surface area contributed by atoms with Gasteiger partial charge in [-0.1, -0.05) is 58.9 Å². The van der Waals surface area contributed by atoms with Crippen LogP contribution in [0.3, 0.4) is 0 Å². The van der Waals surface area contributed by atoms with Gasteiger partial charge in [0.25, 0.3) is 0 Å². The fourth-order valence-electron chi connectivity index (χ4n) is 6.04. The lowest BCUT2D eigenvalue weighted by molar-refractivity contribution is -0.461. The maximum absolute atomic E-state index is 14.9. The third-order valence-electron chi connectivity index (χ3n) is 9.86. The number of benzene rings is 1. The fourth-order valence-corrected chi connectivity index (χ4v) is 10.5. The number of hydrogen-bond acceptors (Lipinski definition) is 5. The molecule has 0 heterocycles. The van der Waals surface area contributed by atoms with Gasteiger partial charge in [0.2, 0.25) is 0 Å². The first-order valence-electron chi connectivity index (χ1n) is 18.2. The second kappa shape index (κ2) is 20.0. The van der Waals surface area contributed by atoms with Crippen LogP contribution in [0.25, 0.3) is 0 Å². The molecule has 348 valence electrons. The van der Waals surface area contributed by atoms with Gasteiger partial charge in [0, 0.05) is 12.5 Å². The van der Waals surface area contributed by atoms with Crippen LogP contribution in [0.2, 0.25) is 17.1 Å². The molecule has 1 aromatic carbocycles. The van der Waals surface area contributed by atoms with E-state index in [-0.39, 0.29) is 24.9 Å². The van der Waals surface area contributed by atoms with Crippen LogP contribution in [0.15, 0.2) is 48.1 Å². The Balaban J connectivity index is 3.10. The third kappa shape index (κ3) is 11.3. The SMILES string of the molecule is CCOC(=O)/C=C(C)/C=C/CC[C@H](C)[C@@H](O)c1ccc(OCCO[Si](CCC(F)(F)C(F)(F)C(F)(F)C(F)(F)C(F)(F)C(F)(F)C(F)(F)C(F)(F)F)(C(C)C)C(C)C)cc1. The molecule has 1 N–H and O–H groups in total. The summed E-state index contributed by atoms with van der Waals surface area (Å²) in [4.78, 5) is 11.5. The average Bonchev–Trinajstić information content (AvgIpc) is 3.11. The molecule has 1 rings (SSSR count). The highest BCUT2D eigenvalue weighted by Gasteiger charge is 2.95. The number of hydrogen-bond donors (Lipinski definition) is 1. The molecule has 2 atom stereocenters. The first kappa shape index (κ1) is 54.9. The molecule has 5 nitrogen and oxygen atoms in total. The summed E-state index contributed by atoms with van der Waals surface area (Å²) in [6.45, 7) is 9.92. The average molecular weight is 923 g/mol. The number of allylic oxidation sites excluding steroid dienone is 3. The molecule has 0 aliphatic heterocycles. The largest absolute Gasteiger partial charge is 0.491 e. The highest BCUT2D eigenvalue weighted by atomic mass is 28.4. The number of halogens is 17. The maximum atomic E-state index is 14.9. The minimum atomic E-state index is -8.68. The summed E-state index contributed by atoms with van der Waals surface area (Å²) in [5.74, 6) is -57.2. The molecule has 0 fully saturated rings. The molecule has 0 radical (unpaired) electrons. The smallest absolute Gasteiger partial charge is 0.460 e.